The lowest BCUT2D eigenvalue weighted by Gasteiger charge is -2.07. The summed E-state index contributed by atoms with van der Waals surface area (Å²) in [4.78, 5) is 21.4. The number of hydrogen-bond donors (Lipinski definition) is 2. The Balaban J connectivity index is 4.13. The van der Waals surface area contributed by atoms with Crippen LogP contribution in [0.5, 0.6) is 0 Å². The lowest BCUT2D eigenvalue weighted by Crippen LogP contribution is -2.32. The molecule has 0 aromatic heterocycles. The first-order valence-electron chi connectivity index (χ1n) is 3.72. The van der Waals surface area contributed by atoms with Crippen LogP contribution in [0.3, 0.4) is 0 Å². The highest BCUT2D eigenvalue weighted by atomic mass is 16.1. The number of primary amides is 1. The van der Waals surface area contributed by atoms with E-state index in [0.717, 1.165) is 6.08 Å². The quantitative estimate of drug-likeness (QED) is 0.562. The van der Waals surface area contributed by atoms with Crippen LogP contribution in [-0.2, 0) is 9.59 Å². The maximum atomic E-state index is 11.1. The largest absolute Gasteiger partial charge is 0.366 e. The fraction of sp³-hybridized carbons (Fsp3) is 0.500. The highest BCUT2D eigenvalue weighted by Crippen LogP contribution is 1.98. The predicted octanol–water partition coefficient (Wildman–Crippen LogP) is -0.420. The van der Waals surface area contributed by atoms with Crippen molar-refractivity contribution in [2.45, 2.75) is 19.9 Å². The number of nitrogens with two attached hydrogens (primary N) is 2. The maximum Gasteiger partial charge on any atom is 0.241 e. The molecule has 4 N–H and O–H groups in total. The van der Waals surface area contributed by atoms with Crippen molar-refractivity contribution in [3.63, 3.8) is 0 Å². The van der Waals surface area contributed by atoms with Crippen molar-refractivity contribution in [3.8, 4) is 0 Å². The van der Waals surface area contributed by atoms with Gasteiger partial charge < -0.3 is 11.5 Å². The lowest BCUT2D eigenvalue weighted by atomic mass is 10.0. The van der Waals surface area contributed by atoms with Gasteiger partial charge in [0.05, 0.1) is 6.04 Å². The van der Waals surface area contributed by atoms with Gasteiger partial charge in [-0.1, -0.05) is 19.9 Å². The number of carbonyl (C=O) groups is 2. The summed E-state index contributed by atoms with van der Waals surface area (Å²) in [5.41, 5.74) is 10.2. The Bertz CT molecular complexity index is 209. The zero-order valence-electron chi connectivity index (χ0n) is 7.28. The molecular formula is C8H14N2O2. The van der Waals surface area contributed by atoms with Gasteiger partial charge in [0, 0.05) is 12.0 Å². The molecule has 0 radical (unpaired) electrons. The fourth-order valence-electron chi connectivity index (χ4n) is 0.678. The van der Waals surface area contributed by atoms with E-state index in [0.29, 0.717) is 0 Å². The molecule has 0 aliphatic carbocycles. The van der Waals surface area contributed by atoms with Crippen LogP contribution < -0.4 is 11.5 Å². The molecule has 4 heteroatoms. The summed E-state index contributed by atoms with van der Waals surface area (Å²) < 4.78 is 0. The molecule has 0 aliphatic rings. The van der Waals surface area contributed by atoms with Crippen LogP contribution in [0.15, 0.2) is 12.2 Å². The molecule has 12 heavy (non-hydrogen) atoms. The minimum atomic E-state index is -0.725. The Hall–Kier alpha value is -1.16. The normalized spacial score (nSPS) is 13.7. The number of ketones is 1. The van der Waals surface area contributed by atoms with Crippen molar-refractivity contribution in [1.29, 1.82) is 0 Å². The molecule has 0 aromatic carbocycles. The van der Waals surface area contributed by atoms with E-state index in [1.165, 1.54) is 6.08 Å². The fourth-order valence-corrected chi connectivity index (χ4v) is 0.678. The van der Waals surface area contributed by atoms with Gasteiger partial charge in [-0.15, -0.1) is 0 Å². The molecule has 0 aromatic rings. The summed E-state index contributed by atoms with van der Waals surface area (Å²) in [6.45, 7) is 3.50. The van der Waals surface area contributed by atoms with Crippen molar-refractivity contribution in [3.05, 3.63) is 12.2 Å². The third-order valence-electron chi connectivity index (χ3n) is 1.37. The summed E-state index contributed by atoms with van der Waals surface area (Å²) >= 11 is 0. The SMILES string of the molecule is CC(C)C(=O)[C@H](N)/C=C/C(N)=O. The van der Waals surface area contributed by atoms with Crippen LogP contribution in [-0.4, -0.2) is 17.7 Å². The van der Waals surface area contributed by atoms with Crippen molar-refractivity contribution < 1.29 is 9.59 Å². The van der Waals surface area contributed by atoms with E-state index < -0.39 is 11.9 Å². The zero-order chi connectivity index (χ0) is 9.72. The molecule has 0 aliphatic heterocycles. The maximum absolute atomic E-state index is 11.1. The van der Waals surface area contributed by atoms with Crippen LogP contribution in [0.25, 0.3) is 0 Å². The van der Waals surface area contributed by atoms with E-state index in [1.807, 2.05) is 0 Å². The topological polar surface area (TPSA) is 86.2 Å². The first-order chi connectivity index (χ1) is 5.45. The van der Waals surface area contributed by atoms with Gasteiger partial charge in [-0.05, 0) is 0 Å². The van der Waals surface area contributed by atoms with Gasteiger partial charge in [0.25, 0.3) is 0 Å². The highest BCUT2D eigenvalue weighted by Gasteiger charge is 2.13. The minimum absolute atomic E-state index is 0.104. The number of hydrogen-bond acceptors (Lipinski definition) is 3. The molecule has 1 atom stereocenters. The number of amides is 1. The molecule has 1 amide bonds. The second kappa shape index (κ2) is 4.66. The number of rotatable bonds is 4. The van der Waals surface area contributed by atoms with Crippen LogP contribution in [0.1, 0.15) is 13.8 Å². The molecule has 0 rings (SSSR count). The van der Waals surface area contributed by atoms with Crippen LogP contribution in [0.2, 0.25) is 0 Å². The predicted molar refractivity (Wildman–Crippen MR) is 46.2 cm³/mol. The van der Waals surface area contributed by atoms with Gasteiger partial charge in [0.1, 0.15) is 0 Å². The summed E-state index contributed by atoms with van der Waals surface area (Å²) in [5, 5.41) is 0. The Morgan fingerprint density at radius 1 is 1.33 bits per heavy atom. The number of carbonyl (C=O) groups excluding carboxylic acids is 2. The second-order valence-corrected chi connectivity index (χ2v) is 2.84. The van der Waals surface area contributed by atoms with E-state index in [1.54, 1.807) is 13.8 Å². The Morgan fingerprint density at radius 2 is 1.83 bits per heavy atom. The molecule has 0 bridgehead atoms. The van der Waals surface area contributed by atoms with Crippen LogP contribution >= 0.6 is 0 Å². The first-order valence-corrected chi connectivity index (χ1v) is 3.72. The summed E-state index contributed by atoms with van der Waals surface area (Å²) in [7, 11) is 0. The standard InChI is InChI=1S/C8H14N2O2/c1-5(2)8(12)6(9)3-4-7(10)11/h3-6H,9H2,1-2H3,(H2,10,11)/b4-3+/t6-/m1/s1. The summed E-state index contributed by atoms with van der Waals surface area (Å²) in [6.07, 6.45) is 2.41. The minimum Gasteiger partial charge on any atom is -0.366 e. The zero-order valence-corrected chi connectivity index (χ0v) is 7.28. The van der Waals surface area contributed by atoms with Gasteiger partial charge in [0.2, 0.25) is 5.91 Å². The Kier molecular flexibility index (Phi) is 4.21. The van der Waals surface area contributed by atoms with E-state index >= 15 is 0 Å². The van der Waals surface area contributed by atoms with Gasteiger partial charge in [-0.25, -0.2) is 0 Å². The van der Waals surface area contributed by atoms with Crippen LogP contribution in [0.4, 0.5) is 0 Å². The monoisotopic (exact) mass is 170 g/mol. The average Bonchev–Trinajstić information content (AvgIpc) is 1.98. The molecule has 68 valence electrons. The smallest absolute Gasteiger partial charge is 0.241 e. The molecule has 0 heterocycles. The summed E-state index contributed by atoms with van der Waals surface area (Å²) in [5.74, 6) is -0.827. The average molecular weight is 170 g/mol. The van der Waals surface area contributed by atoms with Gasteiger partial charge in [-0.2, -0.15) is 0 Å². The highest BCUT2D eigenvalue weighted by molar-refractivity contribution is 5.90. The number of Topliss-reactive ketones (excluding diaryl/α,β-unsaturated/α-hetero) is 1. The lowest BCUT2D eigenvalue weighted by molar-refractivity contribution is -0.122. The molecule has 0 spiro atoms. The molecule has 4 nitrogen and oxygen atoms in total. The third-order valence-corrected chi connectivity index (χ3v) is 1.37. The van der Waals surface area contributed by atoms with Gasteiger partial charge in [0.15, 0.2) is 5.78 Å². The van der Waals surface area contributed by atoms with E-state index in [-0.39, 0.29) is 11.7 Å². The molecule has 0 saturated heterocycles. The molecule has 0 saturated carbocycles. The van der Waals surface area contributed by atoms with Crippen molar-refractivity contribution >= 4 is 11.7 Å². The Labute approximate surface area is 71.6 Å². The van der Waals surface area contributed by atoms with Crippen molar-refractivity contribution in [2.24, 2.45) is 17.4 Å². The summed E-state index contributed by atoms with van der Waals surface area (Å²) in [6, 6.07) is -0.725. The van der Waals surface area contributed by atoms with E-state index in [4.69, 9.17) is 11.5 Å². The Morgan fingerprint density at radius 3 is 2.17 bits per heavy atom. The van der Waals surface area contributed by atoms with Crippen molar-refractivity contribution in [2.75, 3.05) is 0 Å². The molecule has 0 unspecified atom stereocenters. The first kappa shape index (κ1) is 10.8. The molecule has 0 fully saturated rings. The third kappa shape index (κ3) is 3.88. The van der Waals surface area contributed by atoms with Crippen LogP contribution in [0, 0.1) is 5.92 Å². The van der Waals surface area contributed by atoms with E-state index in [9.17, 15) is 9.59 Å². The van der Waals surface area contributed by atoms with Crippen molar-refractivity contribution in [1.82, 2.24) is 0 Å². The van der Waals surface area contributed by atoms with E-state index in [2.05, 4.69) is 0 Å². The van der Waals surface area contributed by atoms with Gasteiger partial charge in [-0.3, -0.25) is 9.59 Å². The van der Waals surface area contributed by atoms with Gasteiger partial charge >= 0.3 is 0 Å². The second-order valence-electron chi connectivity index (χ2n) is 2.84. The molecular weight excluding hydrogens is 156 g/mol.